The second-order valence-electron chi connectivity index (χ2n) is 3.90. The van der Waals surface area contributed by atoms with Gasteiger partial charge >= 0.3 is 0 Å². The topological polar surface area (TPSA) is 18.5 Å². The van der Waals surface area contributed by atoms with Gasteiger partial charge in [-0.25, -0.2) is 0 Å². The molecule has 0 bridgehead atoms. The largest absolute Gasteiger partial charge is 0.496 e. The quantitative estimate of drug-likeness (QED) is 0.412. The van der Waals surface area contributed by atoms with Crippen LogP contribution < -0.4 is 9.47 Å². The van der Waals surface area contributed by atoms with Crippen LogP contribution in [0.3, 0.4) is 0 Å². The first-order chi connectivity index (χ1) is 9.55. The summed E-state index contributed by atoms with van der Waals surface area (Å²) in [5, 5.41) is 0.719. The van der Waals surface area contributed by atoms with Crippen LogP contribution >= 0.6 is 63.7 Å². The summed E-state index contributed by atoms with van der Waals surface area (Å²) in [5.74, 6) is 2.28. The van der Waals surface area contributed by atoms with Crippen LogP contribution in [-0.4, -0.2) is 7.11 Å². The standard InChI is InChI=1S/C14H10Br4O2/c1-19-13-5-11(18)14(6-10(13)17)20-12-3-2-9(16)4-8(12)7-15/h2-6H,7H2,1H3. The molecule has 0 aliphatic heterocycles. The van der Waals surface area contributed by atoms with Gasteiger partial charge in [-0.05, 0) is 62.2 Å². The average Bonchev–Trinajstić information content (AvgIpc) is 2.44. The van der Waals surface area contributed by atoms with E-state index < -0.39 is 0 Å². The smallest absolute Gasteiger partial charge is 0.143 e. The molecule has 0 aliphatic rings. The number of hydrogen-bond acceptors (Lipinski definition) is 2. The van der Waals surface area contributed by atoms with Crippen LogP contribution in [0, 0.1) is 0 Å². The van der Waals surface area contributed by atoms with E-state index in [9.17, 15) is 0 Å². The minimum absolute atomic E-state index is 0.719. The number of halogens is 4. The van der Waals surface area contributed by atoms with Crippen LogP contribution in [0.5, 0.6) is 17.2 Å². The monoisotopic (exact) mass is 526 g/mol. The predicted molar refractivity (Wildman–Crippen MR) is 95.2 cm³/mol. The van der Waals surface area contributed by atoms with Crippen molar-refractivity contribution in [3.05, 3.63) is 49.3 Å². The number of ether oxygens (including phenoxy) is 2. The summed E-state index contributed by atoms with van der Waals surface area (Å²) in [6, 6.07) is 9.66. The molecule has 20 heavy (non-hydrogen) atoms. The van der Waals surface area contributed by atoms with Crippen LogP contribution in [0.2, 0.25) is 0 Å². The van der Waals surface area contributed by atoms with Crippen LogP contribution in [-0.2, 0) is 5.33 Å². The van der Waals surface area contributed by atoms with Crippen molar-refractivity contribution < 1.29 is 9.47 Å². The van der Waals surface area contributed by atoms with E-state index in [2.05, 4.69) is 63.7 Å². The first kappa shape index (κ1) is 16.3. The molecule has 0 amide bonds. The third kappa shape index (κ3) is 3.78. The minimum Gasteiger partial charge on any atom is -0.496 e. The van der Waals surface area contributed by atoms with E-state index in [4.69, 9.17) is 9.47 Å². The Morgan fingerprint density at radius 1 is 0.900 bits per heavy atom. The summed E-state index contributed by atoms with van der Waals surface area (Å²) in [4.78, 5) is 0. The number of hydrogen-bond donors (Lipinski definition) is 0. The summed E-state index contributed by atoms with van der Waals surface area (Å²) < 4.78 is 13.9. The molecule has 0 heterocycles. The second kappa shape index (κ2) is 7.29. The van der Waals surface area contributed by atoms with Crippen LogP contribution in [0.1, 0.15) is 5.56 Å². The Bertz CT molecular complexity index is 629. The lowest BCUT2D eigenvalue weighted by Gasteiger charge is -2.13. The molecule has 0 spiro atoms. The van der Waals surface area contributed by atoms with Crippen molar-refractivity contribution in [1.82, 2.24) is 0 Å². The molecule has 0 radical (unpaired) electrons. The zero-order valence-electron chi connectivity index (χ0n) is 10.4. The molecule has 0 fully saturated rings. The Labute approximate surface area is 151 Å². The van der Waals surface area contributed by atoms with Crippen molar-refractivity contribution in [3.8, 4) is 17.2 Å². The van der Waals surface area contributed by atoms with E-state index in [0.717, 1.165) is 41.6 Å². The minimum atomic E-state index is 0.719. The number of benzene rings is 2. The summed E-state index contributed by atoms with van der Waals surface area (Å²) in [6.45, 7) is 0. The Morgan fingerprint density at radius 3 is 2.20 bits per heavy atom. The van der Waals surface area contributed by atoms with Gasteiger partial charge in [0.25, 0.3) is 0 Å². The lowest BCUT2D eigenvalue weighted by Crippen LogP contribution is -1.92. The van der Waals surface area contributed by atoms with Crippen molar-refractivity contribution in [2.45, 2.75) is 5.33 Å². The molecule has 0 aromatic heterocycles. The van der Waals surface area contributed by atoms with Crippen LogP contribution in [0.15, 0.2) is 43.7 Å². The van der Waals surface area contributed by atoms with Gasteiger partial charge in [0, 0.05) is 15.4 Å². The van der Waals surface area contributed by atoms with E-state index in [-0.39, 0.29) is 0 Å². The third-order valence-electron chi connectivity index (χ3n) is 2.59. The molecule has 0 saturated carbocycles. The zero-order valence-corrected chi connectivity index (χ0v) is 16.8. The van der Waals surface area contributed by atoms with Gasteiger partial charge in [0.15, 0.2) is 0 Å². The zero-order chi connectivity index (χ0) is 14.7. The molecule has 2 aromatic rings. The summed E-state index contributed by atoms with van der Waals surface area (Å²) in [5.41, 5.74) is 1.07. The fourth-order valence-electron chi connectivity index (χ4n) is 1.62. The fourth-order valence-corrected chi connectivity index (χ4v) is 3.35. The normalized spacial score (nSPS) is 10.4. The molecule has 0 aliphatic carbocycles. The number of methoxy groups -OCH3 is 1. The molecule has 0 atom stereocenters. The van der Waals surface area contributed by atoms with E-state index in [1.54, 1.807) is 7.11 Å². The van der Waals surface area contributed by atoms with E-state index in [1.807, 2.05) is 30.3 Å². The molecule has 0 N–H and O–H groups in total. The van der Waals surface area contributed by atoms with Gasteiger partial charge in [0.1, 0.15) is 17.2 Å². The highest BCUT2D eigenvalue weighted by molar-refractivity contribution is 9.11. The third-order valence-corrected chi connectivity index (χ3v) is 4.93. The van der Waals surface area contributed by atoms with Crippen molar-refractivity contribution in [2.24, 2.45) is 0 Å². The van der Waals surface area contributed by atoms with Gasteiger partial charge in [-0.3, -0.25) is 0 Å². The molecule has 0 saturated heterocycles. The highest BCUT2D eigenvalue weighted by Gasteiger charge is 2.11. The van der Waals surface area contributed by atoms with Crippen LogP contribution in [0.25, 0.3) is 0 Å². The molecular formula is C14H10Br4O2. The SMILES string of the molecule is COc1cc(Br)c(Oc2ccc(Br)cc2CBr)cc1Br. The molecular weight excluding hydrogens is 520 g/mol. The summed E-state index contributed by atoms with van der Waals surface area (Å²) in [7, 11) is 1.63. The summed E-state index contributed by atoms with van der Waals surface area (Å²) >= 11 is 13.9. The van der Waals surface area contributed by atoms with Gasteiger partial charge in [-0.1, -0.05) is 31.9 Å². The maximum atomic E-state index is 5.98. The Balaban J connectivity index is 2.37. The average molecular weight is 530 g/mol. The Morgan fingerprint density at radius 2 is 1.55 bits per heavy atom. The molecule has 0 unspecified atom stereocenters. The maximum absolute atomic E-state index is 5.98. The fraction of sp³-hybridized carbons (Fsp3) is 0.143. The molecule has 6 heteroatoms. The number of alkyl halides is 1. The van der Waals surface area contributed by atoms with Crippen molar-refractivity contribution in [2.75, 3.05) is 7.11 Å². The molecule has 2 nitrogen and oxygen atoms in total. The second-order valence-corrected chi connectivity index (χ2v) is 7.09. The van der Waals surface area contributed by atoms with E-state index >= 15 is 0 Å². The Hall–Kier alpha value is -0.0400. The lowest BCUT2D eigenvalue weighted by molar-refractivity contribution is 0.409. The van der Waals surface area contributed by atoms with Gasteiger partial charge < -0.3 is 9.47 Å². The van der Waals surface area contributed by atoms with E-state index in [1.165, 1.54) is 0 Å². The highest BCUT2D eigenvalue weighted by atomic mass is 79.9. The first-order valence-electron chi connectivity index (χ1n) is 5.60. The lowest BCUT2D eigenvalue weighted by atomic mass is 10.2. The first-order valence-corrected chi connectivity index (χ1v) is 9.10. The Kier molecular flexibility index (Phi) is 5.95. The van der Waals surface area contributed by atoms with Gasteiger partial charge in [0.2, 0.25) is 0 Å². The number of rotatable bonds is 4. The molecule has 2 aromatic carbocycles. The highest BCUT2D eigenvalue weighted by Crippen LogP contribution is 2.39. The molecule has 2 rings (SSSR count). The van der Waals surface area contributed by atoms with Gasteiger partial charge in [0.05, 0.1) is 16.1 Å². The van der Waals surface area contributed by atoms with Crippen molar-refractivity contribution in [1.29, 1.82) is 0 Å². The predicted octanol–water partition coefficient (Wildman–Crippen LogP) is 6.67. The van der Waals surface area contributed by atoms with Gasteiger partial charge in [-0.2, -0.15) is 0 Å². The van der Waals surface area contributed by atoms with Crippen molar-refractivity contribution >= 4 is 63.7 Å². The maximum Gasteiger partial charge on any atom is 0.143 e. The molecule has 106 valence electrons. The van der Waals surface area contributed by atoms with Gasteiger partial charge in [-0.15, -0.1) is 0 Å². The summed E-state index contributed by atoms with van der Waals surface area (Å²) in [6.07, 6.45) is 0. The van der Waals surface area contributed by atoms with Crippen LogP contribution in [0.4, 0.5) is 0 Å². The van der Waals surface area contributed by atoms with Crippen molar-refractivity contribution in [3.63, 3.8) is 0 Å². The van der Waals surface area contributed by atoms with E-state index in [0.29, 0.717) is 0 Å².